The fraction of sp³-hybridized carbons (Fsp3) is 0.103. The average Bonchev–Trinajstić information content (AvgIpc) is 3.49. The first-order valence-corrected chi connectivity index (χ1v) is 13.2. The van der Waals surface area contributed by atoms with E-state index in [0.29, 0.717) is 11.1 Å². The molecule has 6 rings (SSSR count). The van der Waals surface area contributed by atoms with Gasteiger partial charge in [0.2, 0.25) is 0 Å². The maximum Gasteiger partial charge on any atom is 0.274 e. The molecule has 36 heavy (non-hydrogen) atoms. The second-order valence-corrected chi connectivity index (χ2v) is 10.6. The Morgan fingerprint density at radius 2 is 1.75 bits per heavy atom. The van der Waals surface area contributed by atoms with Gasteiger partial charge in [0.15, 0.2) is 4.96 Å². The number of thiazole rings is 1. The van der Waals surface area contributed by atoms with Crippen LogP contribution in [0.25, 0.3) is 27.8 Å². The molecule has 3 aromatic heterocycles. The molecular formula is C29H22BrN3O2S. The number of fused-ring (bicyclic) bond motifs is 3. The predicted octanol–water partition coefficient (Wildman–Crippen LogP) is 6.21. The van der Waals surface area contributed by atoms with Crippen molar-refractivity contribution in [3.05, 3.63) is 121 Å². The van der Waals surface area contributed by atoms with Crippen molar-refractivity contribution in [2.24, 2.45) is 0 Å². The Bertz CT molecular complexity index is 1830. The number of hydrogen-bond donors (Lipinski definition) is 0. The van der Waals surface area contributed by atoms with Gasteiger partial charge in [-0.25, -0.2) is 9.38 Å². The molecule has 0 unspecified atom stereocenters. The topological polar surface area (TPSA) is 48.5 Å². The van der Waals surface area contributed by atoms with E-state index in [1.165, 1.54) is 11.3 Å². The van der Waals surface area contributed by atoms with Gasteiger partial charge in [-0.05, 0) is 85.6 Å². The van der Waals surface area contributed by atoms with Crippen molar-refractivity contribution < 1.29 is 4.74 Å². The summed E-state index contributed by atoms with van der Waals surface area (Å²) in [5.41, 5.74) is 7.03. The summed E-state index contributed by atoms with van der Waals surface area (Å²) in [5.74, 6) is 0.820. The standard InChI is InChI=1S/C29H22BrN3O2S/c1-18-15-21(16-27-28(34)33-26-6-4-3-5-25(26)31-29(33)36-27)19(2)32(18)23-11-13-24(14-12-23)35-17-20-7-9-22(30)10-8-20/h3-16H,17H2,1-2H3/b27-16-. The van der Waals surface area contributed by atoms with Gasteiger partial charge in [0, 0.05) is 21.5 Å². The van der Waals surface area contributed by atoms with Crippen LogP contribution < -0.4 is 14.8 Å². The van der Waals surface area contributed by atoms with Gasteiger partial charge in [-0.1, -0.05) is 51.5 Å². The minimum atomic E-state index is -0.0271. The lowest BCUT2D eigenvalue weighted by Crippen LogP contribution is -2.22. The summed E-state index contributed by atoms with van der Waals surface area (Å²) >= 11 is 4.88. The molecule has 0 spiro atoms. The zero-order valence-electron chi connectivity index (χ0n) is 19.7. The Labute approximate surface area is 220 Å². The fourth-order valence-electron chi connectivity index (χ4n) is 4.52. The van der Waals surface area contributed by atoms with E-state index in [2.05, 4.69) is 57.5 Å². The molecule has 0 fully saturated rings. The molecule has 0 aliphatic heterocycles. The number of aryl methyl sites for hydroxylation is 1. The summed E-state index contributed by atoms with van der Waals surface area (Å²) in [6, 6.07) is 26.1. The number of nitrogens with zero attached hydrogens (tertiary/aromatic N) is 3. The van der Waals surface area contributed by atoms with Gasteiger partial charge in [0.05, 0.1) is 15.6 Å². The largest absolute Gasteiger partial charge is 0.489 e. The van der Waals surface area contributed by atoms with Gasteiger partial charge in [-0.3, -0.25) is 4.79 Å². The maximum absolute atomic E-state index is 13.2. The molecule has 0 radical (unpaired) electrons. The Balaban J connectivity index is 1.29. The van der Waals surface area contributed by atoms with Gasteiger partial charge in [-0.15, -0.1) is 0 Å². The number of benzene rings is 3. The lowest BCUT2D eigenvalue weighted by atomic mass is 10.2. The molecule has 5 nitrogen and oxygen atoms in total. The number of hydrogen-bond acceptors (Lipinski definition) is 4. The van der Waals surface area contributed by atoms with Crippen molar-refractivity contribution in [2.75, 3.05) is 0 Å². The summed E-state index contributed by atoms with van der Waals surface area (Å²) in [6.45, 7) is 4.68. The van der Waals surface area contributed by atoms with E-state index in [4.69, 9.17) is 4.74 Å². The summed E-state index contributed by atoms with van der Waals surface area (Å²) in [5, 5.41) is 0. The van der Waals surface area contributed by atoms with E-state index < -0.39 is 0 Å². The molecule has 0 N–H and O–H groups in total. The fourth-order valence-corrected chi connectivity index (χ4v) is 5.77. The molecule has 0 atom stereocenters. The molecule has 178 valence electrons. The summed E-state index contributed by atoms with van der Waals surface area (Å²) in [6.07, 6.45) is 1.98. The molecule has 3 aromatic carbocycles. The van der Waals surface area contributed by atoms with Crippen LogP contribution in [0.5, 0.6) is 5.75 Å². The molecule has 0 aliphatic rings. The van der Waals surface area contributed by atoms with Gasteiger partial charge in [0.25, 0.3) is 5.56 Å². The normalized spacial score (nSPS) is 12.1. The van der Waals surface area contributed by atoms with Crippen molar-refractivity contribution in [1.82, 2.24) is 14.0 Å². The number of halogens is 1. The van der Waals surface area contributed by atoms with Crippen LogP contribution in [0, 0.1) is 13.8 Å². The van der Waals surface area contributed by atoms with Crippen LogP contribution in [-0.4, -0.2) is 14.0 Å². The number of imidazole rings is 1. The van der Waals surface area contributed by atoms with E-state index in [1.807, 2.05) is 66.7 Å². The molecule has 0 saturated heterocycles. The van der Waals surface area contributed by atoms with E-state index in [9.17, 15) is 4.79 Å². The van der Waals surface area contributed by atoms with Crippen LogP contribution in [0.15, 0.2) is 88.1 Å². The highest BCUT2D eigenvalue weighted by Crippen LogP contribution is 2.24. The van der Waals surface area contributed by atoms with Gasteiger partial charge >= 0.3 is 0 Å². The second-order valence-electron chi connectivity index (χ2n) is 8.71. The van der Waals surface area contributed by atoms with Crippen LogP contribution in [0.3, 0.4) is 0 Å². The lowest BCUT2D eigenvalue weighted by molar-refractivity contribution is 0.306. The van der Waals surface area contributed by atoms with Crippen LogP contribution in [0.4, 0.5) is 0 Å². The number of aromatic nitrogens is 3. The SMILES string of the molecule is Cc1cc(/C=c2\sc3nc4ccccc4n3c2=O)c(C)n1-c1ccc(OCc2ccc(Br)cc2)cc1. The Morgan fingerprint density at radius 1 is 1.00 bits per heavy atom. The Morgan fingerprint density at radius 3 is 2.53 bits per heavy atom. The molecule has 0 saturated carbocycles. The van der Waals surface area contributed by atoms with Crippen molar-refractivity contribution in [2.45, 2.75) is 20.5 Å². The number of ether oxygens (including phenoxy) is 1. The highest BCUT2D eigenvalue weighted by atomic mass is 79.9. The number of para-hydroxylation sites is 2. The number of rotatable bonds is 5. The minimum Gasteiger partial charge on any atom is -0.489 e. The van der Waals surface area contributed by atoms with Crippen LogP contribution in [0.2, 0.25) is 0 Å². The van der Waals surface area contributed by atoms with Gasteiger partial charge in [0.1, 0.15) is 12.4 Å². The van der Waals surface area contributed by atoms with E-state index in [-0.39, 0.29) is 5.56 Å². The quantitative estimate of drug-likeness (QED) is 0.254. The monoisotopic (exact) mass is 555 g/mol. The second kappa shape index (κ2) is 9.08. The van der Waals surface area contributed by atoms with Crippen LogP contribution in [0.1, 0.15) is 22.5 Å². The first-order chi connectivity index (χ1) is 17.5. The highest BCUT2D eigenvalue weighted by molar-refractivity contribution is 9.10. The third-order valence-corrected chi connectivity index (χ3v) is 7.81. The van der Waals surface area contributed by atoms with Crippen molar-refractivity contribution in [1.29, 1.82) is 0 Å². The van der Waals surface area contributed by atoms with E-state index in [1.54, 1.807) is 4.40 Å². The molecule has 3 heterocycles. The van der Waals surface area contributed by atoms with Gasteiger partial charge in [-0.2, -0.15) is 0 Å². The molecule has 0 aliphatic carbocycles. The first-order valence-electron chi connectivity index (χ1n) is 11.6. The predicted molar refractivity (Wildman–Crippen MR) is 149 cm³/mol. The molecular weight excluding hydrogens is 534 g/mol. The third-order valence-electron chi connectivity index (χ3n) is 6.32. The lowest BCUT2D eigenvalue weighted by Gasteiger charge is -2.11. The van der Waals surface area contributed by atoms with Gasteiger partial charge < -0.3 is 9.30 Å². The van der Waals surface area contributed by atoms with Crippen LogP contribution in [-0.2, 0) is 6.61 Å². The highest BCUT2D eigenvalue weighted by Gasteiger charge is 2.13. The van der Waals surface area contributed by atoms with Crippen molar-refractivity contribution >= 4 is 49.3 Å². The minimum absolute atomic E-state index is 0.0271. The Hall–Kier alpha value is -3.68. The summed E-state index contributed by atoms with van der Waals surface area (Å²) in [7, 11) is 0. The third kappa shape index (κ3) is 4.04. The van der Waals surface area contributed by atoms with E-state index in [0.717, 1.165) is 54.4 Å². The van der Waals surface area contributed by atoms with E-state index >= 15 is 0 Å². The Kier molecular flexibility index (Phi) is 5.74. The average molecular weight is 556 g/mol. The molecule has 6 aromatic rings. The van der Waals surface area contributed by atoms with Crippen molar-refractivity contribution in [3.8, 4) is 11.4 Å². The molecule has 0 bridgehead atoms. The summed E-state index contributed by atoms with van der Waals surface area (Å²) in [4.78, 5) is 18.5. The smallest absolute Gasteiger partial charge is 0.274 e. The van der Waals surface area contributed by atoms with Crippen LogP contribution >= 0.6 is 27.3 Å². The first kappa shape index (κ1) is 22.8. The van der Waals surface area contributed by atoms with Crippen molar-refractivity contribution in [3.63, 3.8) is 0 Å². The molecule has 7 heteroatoms. The molecule has 0 amide bonds. The summed E-state index contributed by atoms with van der Waals surface area (Å²) < 4.78 is 11.6. The zero-order chi connectivity index (χ0) is 24.8. The maximum atomic E-state index is 13.2. The zero-order valence-corrected chi connectivity index (χ0v) is 22.1.